The quantitative estimate of drug-likeness (QED) is 0.741. The van der Waals surface area contributed by atoms with E-state index in [0.29, 0.717) is 11.1 Å². The predicted molar refractivity (Wildman–Crippen MR) is 64.7 cm³/mol. The number of amides is 1. The van der Waals surface area contributed by atoms with Gasteiger partial charge < -0.3 is 10.4 Å². The number of aromatic amines is 1. The zero-order valence-corrected chi connectivity index (χ0v) is 9.82. The maximum atomic E-state index is 12.1. The highest BCUT2D eigenvalue weighted by atomic mass is 16.3. The molecule has 0 spiro atoms. The molecule has 5 heteroatoms. The number of para-hydroxylation sites is 1. The molecule has 0 aliphatic rings. The topological polar surface area (TPSA) is 78.0 Å². The highest BCUT2D eigenvalue weighted by Gasteiger charge is 2.21. The summed E-state index contributed by atoms with van der Waals surface area (Å²) in [5.74, 6) is -0.223. The Morgan fingerprint density at radius 1 is 1.53 bits per heavy atom. The summed E-state index contributed by atoms with van der Waals surface area (Å²) < 4.78 is 0. The fraction of sp³-hybridized carbons (Fsp3) is 0.333. The first-order valence-electron chi connectivity index (χ1n) is 5.39. The Morgan fingerprint density at radius 3 is 3.00 bits per heavy atom. The van der Waals surface area contributed by atoms with Crippen molar-refractivity contribution in [2.75, 3.05) is 6.61 Å². The summed E-state index contributed by atoms with van der Waals surface area (Å²) >= 11 is 0. The number of aromatic nitrogens is 2. The zero-order chi connectivity index (χ0) is 12.5. The van der Waals surface area contributed by atoms with Crippen molar-refractivity contribution in [3.05, 3.63) is 30.0 Å². The number of hydrogen-bond donors (Lipinski definition) is 3. The molecule has 1 heterocycles. The lowest BCUT2D eigenvalue weighted by molar-refractivity contribution is 0.0871. The number of carbonyl (C=O) groups excluding carboxylic acids is 1. The Balaban J connectivity index is 2.34. The Bertz CT molecular complexity index is 545. The van der Waals surface area contributed by atoms with Crippen LogP contribution in [0.1, 0.15) is 24.2 Å². The fourth-order valence-electron chi connectivity index (χ4n) is 1.57. The lowest BCUT2D eigenvalue weighted by atomic mass is 10.1. The van der Waals surface area contributed by atoms with Crippen molar-refractivity contribution in [3.63, 3.8) is 0 Å². The van der Waals surface area contributed by atoms with Crippen LogP contribution in [0.2, 0.25) is 0 Å². The summed E-state index contributed by atoms with van der Waals surface area (Å²) in [6, 6.07) is 5.41. The Hall–Kier alpha value is -1.88. The second kappa shape index (κ2) is 4.18. The van der Waals surface area contributed by atoms with Gasteiger partial charge in [0.2, 0.25) is 0 Å². The molecule has 0 radical (unpaired) electrons. The van der Waals surface area contributed by atoms with Crippen LogP contribution in [0.5, 0.6) is 0 Å². The Labute approximate surface area is 98.8 Å². The summed E-state index contributed by atoms with van der Waals surface area (Å²) in [6.07, 6.45) is 1.67. The van der Waals surface area contributed by atoms with Gasteiger partial charge in [-0.25, -0.2) is 0 Å². The number of aliphatic hydroxyl groups is 1. The van der Waals surface area contributed by atoms with Crippen molar-refractivity contribution >= 4 is 16.8 Å². The maximum Gasteiger partial charge on any atom is 0.253 e. The molecule has 0 fully saturated rings. The van der Waals surface area contributed by atoms with Gasteiger partial charge in [0.15, 0.2) is 0 Å². The Kier molecular flexibility index (Phi) is 2.85. The first-order valence-corrected chi connectivity index (χ1v) is 5.39. The van der Waals surface area contributed by atoms with Gasteiger partial charge in [0.05, 0.1) is 29.4 Å². The number of H-pyrrole nitrogens is 1. The van der Waals surface area contributed by atoms with Crippen molar-refractivity contribution in [1.29, 1.82) is 0 Å². The molecule has 0 aliphatic heterocycles. The molecule has 0 atom stereocenters. The molecular formula is C12H15N3O2. The average Bonchev–Trinajstić information content (AvgIpc) is 2.76. The van der Waals surface area contributed by atoms with E-state index >= 15 is 0 Å². The van der Waals surface area contributed by atoms with Crippen molar-refractivity contribution in [2.45, 2.75) is 19.4 Å². The van der Waals surface area contributed by atoms with Crippen molar-refractivity contribution in [2.24, 2.45) is 0 Å². The number of nitrogens with one attached hydrogen (secondary N) is 2. The molecule has 17 heavy (non-hydrogen) atoms. The normalized spacial score (nSPS) is 11.7. The van der Waals surface area contributed by atoms with E-state index in [2.05, 4.69) is 15.5 Å². The lowest BCUT2D eigenvalue weighted by Crippen LogP contribution is -2.46. The minimum atomic E-state index is -0.640. The molecule has 2 aromatic rings. The van der Waals surface area contributed by atoms with Gasteiger partial charge in [-0.1, -0.05) is 12.1 Å². The monoisotopic (exact) mass is 233 g/mol. The average molecular weight is 233 g/mol. The van der Waals surface area contributed by atoms with E-state index in [0.717, 1.165) is 5.39 Å². The highest BCUT2D eigenvalue weighted by molar-refractivity contribution is 6.05. The third kappa shape index (κ3) is 2.29. The van der Waals surface area contributed by atoms with E-state index in [1.807, 2.05) is 6.07 Å². The number of hydrogen-bond acceptors (Lipinski definition) is 3. The molecule has 90 valence electrons. The van der Waals surface area contributed by atoms with Crippen LogP contribution in [0, 0.1) is 0 Å². The summed E-state index contributed by atoms with van der Waals surface area (Å²) in [6.45, 7) is 3.41. The summed E-state index contributed by atoms with van der Waals surface area (Å²) in [4.78, 5) is 12.1. The number of fused-ring (bicyclic) bond motifs is 1. The van der Waals surface area contributed by atoms with Gasteiger partial charge in [0.1, 0.15) is 0 Å². The first kappa shape index (κ1) is 11.6. The van der Waals surface area contributed by atoms with E-state index in [4.69, 9.17) is 5.11 Å². The van der Waals surface area contributed by atoms with Crippen LogP contribution in [0.3, 0.4) is 0 Å². The van der Waals surface area contributed by atoms with Crippen LogP contribution in [0.4, 0.5) is 0 Å². The van der Waals surface area contributed by atoms with Crippen molar-refractivity contribution in [3.8, 4) is 0 Å². The summed E-state index contributed by atoms with van der Waals surface area (Å²) in [5.41, 5.74) is 0.597. The molecule has 0 saturated heterocycles. The second-order valence-electron chi connectivity index (χ2n) is 4.64. The molecular weight excluding hydrogens is 218 g/mol. The largest absolute Gasteiger partial charge is 0.394 e. The zero-order valence-electron chi connectivity index (χ0n) is 9.82. The van der Waals surface area contributed by atoms with E-state index in [1.54, 1.807) is 32.2 Å². The van der Waals surface area contributed by atoms with Gasteiger partial charge in [-0.05, 0) is 19.9 Å². The molecule has 0 unspecified atom stereocenters. The van der Waals surface area contributed by atoms with Gasteiger partial charge in [0, 0.05) is 5.39 Å². The SMILES string of the molecule is CC(C)(CO)NC(=O)c1cccc2cn[nH]c12. The smallest absolute Gasteiger partial charge is 0.253 e. The van der Waals surface area contributed by atoms with E-state index in [-0.39, 0.29) is 12.5 Å². The summed E-state index contributed by atoms with van der Waals surface area (Å²) in [7, 11) is 0. The molecule has 3 N–H and O–H groups in total. The first-order chi connectivity index (χ1) is 8.03. The predicted octanol–water partition coefficient (Wildman–Crippen LogP) is 1.06. The summed E-state index contributed by atoms with van der Waals surface area (Å²) in [5, 5.41) is 19.5. The van der Waals surface area contributed by atoms with Crippen LogP contribution in [0.25, 0.3) is 10.9 Å². The van der Waals surface area contributed by atoms with Crippen LogP contribution >= 0.6 is 0 Å². The highest BCUT2D eigenvalue weighted by Crippen LogP contribution is 2.16. The van der Waals surface area contributed by atoms with Gasteiger partial charge in [-0.2, -0.15) is 5.10 Å². The third-order valence-electron chi connectivity index (χ3n) is 2.57. The minimum Gasteiger partial charge on any atom is -0.394 e. The van der Waals surface area contributed by atoms with Crippen molar-refractivity contribution < 1.29 is 9.90 Å². The number of aliphatic hydroxyl groups excluding tert-OH is 1. The lowest BCUT2D eigenvalue weighted by Gasteiger charge is -2.23. The molecule has 5 nitrogen and oxygen atoms in total. The van der Waals surface area contributed by atoms with E-state index < -0.39 is 5.54 Å². The van der Waals surface area contributed by atoms with Gasteiger partial charge in [-0.3, -0.25) is 9.89 Å². The fourth-order valence-corrected chi connectivity index (χ4v) is 1.57. The third-order valence-corrected chi connectivity index (χ3v) is 2.57. The maximum absolute atomic E-state index is 12.1. The van der Waals surface area contributed by atoms with Crippen LogP contribution in [0.15, 0.2) is 24.4 Å². The van der Waals surface area contributed by atoms with Gasteiger partial charge in [-0.15, -0.1) is 0 Å². The number of benzene rings is 1. The van der Waals surface area contributed by atoms with Crippen LogP contribution in [-0.2, 0) is 0 Å². The second-order valence-corrected chi connectivity index (χ2v) is 4.64. The molecule has 1 aromatic heterocycles. The van der Waals surface area contributed by atoms with Crippen LogP contribution < -0.4 is 5.32 Å². The van der Waals surface area contributed by atoms with Gasteiger partial charge >= 0.3 is 0 Å². The number of nitrogens with zero attached hydrogens (tertiary/aromatic N) is 1. The molecule has 2 rings (SSSR count). The molecule has 1 amide bonds. The molecule has 1 aromatic carbocycles. The van der Waals surface area contributed by atoms with Gasteiger partial charge in [0.25, 0.3) is 5.91 Å². The van der Waals surface area contributed by atoms with E-state index in [1.165, 1.54) is 0 Å². The van der Waals surface area contributed by atoms with E-state index in [9.17, 15) is 4.79 Å². The minimum absolute atomic E-state index is 0.113. The molecule has 0 aliphatic carbocycles. The molecule has 0 bridgehead atoms. The van der Waals surface area contributed by atoms with Crippen molar-refractivity contribution in [1.82, 2.24) is 15.5 Å². The standard InChI is InChI=1S/C12H15N3O2/c1-12(2,7-16)14-11(17)9-5-3-4-8-6-13-15-10(8)9/h3-6,16H,7H2,1-2H3,(H,13,15)(H,14,17). The van der Waals surface area contributed by atoms with Crippen LogP contribution in [-0.4, -0.2) is 33.4 Å². The number of rotatable bonds is 3. The number of carbonyl (C=O) groups is 1. The molecule has 0 saturated carbocycles. The Morgan fingerprint density at radius 2 is 2.29 bits per heavy atom.